The van der Waals surface area contributed by atoms with Crippen molar-refractivity contribution in [2.75, 3.05) is 19.0 Å². The summed E-state index contributed by atoms with van der Waals surface area (Å²) in [6, 6.07) is 7.41. The van der Waals surface area contributed by atoms with E-state index in [-0.39, 0.29) is 5.25 Å². The lowest BCUT2D eigenvalue weighted by Crippen LogP contribution is -2.50. The molecule has 0 amide bonds. The van der Waals surface area contributed by atoms with Crippen LogP contribution in [0.2, 0.25) is 5.02 Å². The van der Waals surface area contributed by atoms with Gasteiger partial charge in [0.1, 0.15) is 0 Å². The van der Waals surface area contributed by atoms with Gasteiger partial charge in [0, 0.05) is 29.6 Å². The lowest BCUT2D eigenvalue weighted by atomic mass is 9.95. The van der Waals surface area contributed by atoms with E-state index in [0.717, 1.165) is 36.7 Å². The molecule has 0 saturated carbocycles. The molecule has 0 spiro atoms. The number of alkyl halides is 1. The number of amidine groups is 1. The number of aliphatic imine (C=N–C) groups is 1. The second kappa shape index (κ2) is 5.76. The number of rotatable bonds is 3. The Hall–Kier alpha value is -0.420. The monoisotopic (exact) mass is 330 g/mol. The van der Waals surface area contributed by atoms with Gasteiger partial charge in [0.2, 0.25) is 0 Å². The van der Waals surface area contributed by atoms with Crippen LogP contribution in [0.3, 0.4) is 0 Å². The first-order valence-electron chi connectivity index (χ1n) is 6.69. The van der Waals surface area contributed by atoms with Gasteiger partial charge in [0.25, 0.3) is 0 Å². The fraction of sp³-hybridized carbons (Fsp3) is 0.500. The van der Waals surface area contributed by atoms with Crippen LogP contribution in [-0.2, 0) is 5.72 Å². The molecule has 1 aromatic rings. The van der Waals surface area contributed by atoms with Crippen LogP contribution < -0.4 is 0 Å². The van der Waals surface area contributed by atoms with Gasteiger partial charge in [0.05, 0.1) is 5.25 Å². The fourth-order valence-corrected chi connectivity index (χ4v) is 4.70. The Morgan fingerprint density at radius 3 is 2.85 bits per heavy atom. The normalized spacial score (nSPS) is 29.2. The summed E-state index contributed by atoms with van der Waals surface area (Å²) in [7, 11) is 0. The Morgan fingerprint density at radius 1 is 1.40 bits per heavy atom. The number of nitrogens with zero attached hydrogens (tertiary/aromatic N) is 2. The van der Waals surface area contributed by atoms with Gasteiger partial charge in [-0.15, -0.1) is 11.6 Å². The van der Waals surface area contributed by atoms with Gasteiger partial charge < -0.3 is 10.0 Å². The van der Waals surface area contributed by atoms with Crippen LogP contribution in [0.15, 0.2) is 29.3 Å². The quantitative estimate of drug-likeness (QED) is 0.864. The SMILES string of the molecule is O[C@]1(c2ccc(Cl)cc2)[C@@H](CCCl)SC2=NCCCN21. The molecule has 20 heavy (non-hydrogen) atoms. The van der Waals surface area contributed by atoms with E-state index >= 15 is 0 Å². The zero-order valence-electron chi connectivity index (χ0n) is 10.9. The largest absolute Gasteiger partial charge is 0.366 e. The van der Waals surface area contributed by atoms with E-state index in [4.69, 9.17) is 23.2 Å². The van der Waals surface area contributed by atoms with E-state index < -0.39 is 5.72 Å². The van der Waals surface area contributed by atoms with Crippen molar-refractivity contribution >= 4 is 40.1 Å². The average molecular weight is 331 g/mol. The van der Waals surface area contributed by atoms with Crippen molar-refractivity contribution in [3.63, 3.8) is 0 Å². The van der Waals surface area contributed by atoms with Crippen LogP contribution in [0, 0.1) is 0 Å². The van der Waals surface area contributed by atoms with Crippen LogP contribution >= 0.6 is 35.0 Å². The summed E-state index contributed by atoms with van der Waals surface area (Å²) in [4.78, 5) is 6.55. The molecule has 6 heteroatoms. The zero-order chi connectivity index (χ0) is 14.2. The second-order valence-electron chi connectivity index (χ2n) is 4.99. The number of benzene rings is 1. The summed E-state index contributed by atoms with van der Waals surface area (Å²) in [5.74, 6) is 0.523. The van der Waals surface area contributed by atoms with Crippen LogP contribution in [0.4, 0.5) is 0 Å². The average Bonchev–Trinajstić information content (AvgIpc) is 2.75. The van der Waals surface area contributed by atoms with Crippen molar-refractivity contribution < 1.29 is 5.11 Å². The molecule has 1 N–H and O–H groups in total. The third-order valence-electron chi connectivity index (χ3n) is 3.77. The molecule has 1 fully saturated rings. The molecule has 2 aliphatic heterocycles. The van der Waals surface area contributed by atoms with Gasteiger partial charge in [0.15, 0.2) is 10.9 Å². The highest BCUT2D eigenvalue weighted by Crippen LogP contribution is 2.47. The molecule has 2 heterocycles. The van der Waals surface area contributed by atoms with Crippen molar-refractivity contribution in [2.24, 2.45) is 4.99 Å². The van der Waals surface area contributed by atoms with Crippen molar-refractivity contribution in [2.45, 2.75) is 23.8 Å². The van der Waals surface area contributed by atoms with E-state index in [1.54, 1.807) is 11.8 Å². The lowest BCUT2D eigenvalue weighted by molar-refractivity contribution is -0.0726. The van der Waals surface area contributed by atoms with Crippen LogP contribution in [0.25, 0.3) is 0 Å². The van der Waals surface area contributed by atoms with Crippen LogP contribution in [0.5, 0.6) is 0 Å². The molecule has 1 saturated heterocycles. The van der Waals surface area contributed by atoms with E-state index in [9.17, 15) is 5.11 Å². The smallest absolute Gasteiger partial charge is 0.178 e. The van der Waals surface area contributed by atoms with Crippen molar-refractivity contribution in [3.8, 4) is 0 Å². The van der Waals surface area contributed by atoms with Crippen molar-refractivity contribution in [1.82, 2.24) is 4.90 Å². The minimum atomic E-state index is -1.04. The lowest BCUT2D eigenvalue weighted by Gasteiger charge is -2.39. The van der Waals surface area contributed by atoms with Gasteiger partial charge >= 0.3 is 0 Å². The van der Waals surface area contributed by atoms with Crippen LogP contribution in [0.1, 0.15) is 18.4 Å². The third-order valence-corrected chi connectivity index (χ3v) is 5.65. The molecule has 1 aromatic carbocycles. The predicted octanol–water partition coefficient (Wildman–Crippen LogP) is 3.29. The first-order chi connectivity index (χ1) is 9.66. The standard InChI is InChI=1S/C14H16Cl2N2OS/c15-7-6-12-14(19,10-2-4-11(16)5-3-10)18-9-1-8-17-13(18)20-12/h2-5,12,19H,1,6-9H2/t12-,14-/m1/s1. The molecular formula is C14H16Cl2N2OS. The second-order valence-corrected chi connectivity index (χ2v) is 6.97. The molecule has 2 aliphatic rings. The molecule has 0 aliphatic carbocycles. The van der Waals surface area contributed by atoms with Gasteiger partial charge in [-0.25, -0.2) is 0 Å². The van der Waals surface area contributed by atoms with Gasteiger partial charge in [-0.1, -0.05) is 35.5 Å². The zero-order valence-corrected chi connectivity index (χ0v) is 13.3. The summed E-state index contributed by atoms with van der Waals surface area (Å²) in [5.41, 5.74) is -0.180. The fourth-order valence-electron chi connectivity index (χ4n) is 2.78. The molecule has 3 nitrogen and oxygen atoms in total. The van der Waals surface area contributed by atoms with Gasteiger partial charge in [-0.2, -0.15) is 0 Å². The number of aliphatic hydroxyl groups is 1. The number of fused-ring (bicyclic) bond motifs is 1. The van der Waals surface area contributed by atoms with Crippen molar-refractivity contribution in [3.05, 3.63) is 34.9 Å². The van der Waals surface area contributed by atoms with Crippen molar-refractivity contribution in [1.29, 1.82) is 0 Å². The topological polar surface area (TPSA) is 35.8 Å². The Kier molecular flexibility index (Phi) is 4.18. The molecule has 3 rings (SSSR count). The number of hydrogen-bond acceptors (Lipinski definition) is 4. The molecule has 0 unspecified atom stereocenters. The Bertz CT molecular complexity index is 522. The summed E-state index contributed by atoms with van der Waals surface area (Å²) >= 11 is 13.5. The molecule has 108 valence electrons. The number of halogens is 2. The van der Waals surface area contributed by atoms with E-state index in [1.807, 2.05) is 29.2 Å². The molecule has 0 bridgehead atoms. The summed E-state index contributed by atoms with van der Waals surface area (Å²) < 4.78 is 0. The van der Waals surface area contributed by atoms with Crippen LogP contribution in [-0.4, -0.2) is 39.4 Å². The Balaban J connectivity index is 2.03. The van der Waals surface area contributed by atoms with Gasteiger partial charge in [-0.3, -0.25) is 4.99 Å². The highest BCUT2D eigenvalue weighted by Gasteiger charge is 2.52. The molecule has 0 radical (unpaired) electrons. The Labute approximate surface area is 133 Å². The number of thioether (sulfide) groups is 1. The van der Waals surface area contributed by atoms with E-state index in [1.165, 1.54) is 0 Å². The highest BCUT2D eigenvalue weighted by molar-refractivity contribution is 8.14. The molecule has 2 atom stereocenters. The highest BCUT2D eigenvalue weighted by atomic mass is 35.5. The van der Waals surface area contributed by atoms with E-state index in [2.05, 4.69) is 4.99 Å². The summed E-state index contributed by atoms with van der Waals surface area (Å²) in [6.07, 6.45) is 1.70. The first kappa shape index (κ1) is 14.5. The predicted molar refractivity (Wildman–Crippen MR) is 85.7 cm³/mol. The third kappa shape index (κ3) is 2.33. The summed E-state index contributed by atoms with van der Waals surface area (Å²) in [6.45, 7) is 1.66. The first-order valence-corrected chi connectivity index (χ1v) is 8.48. The maximum absolute atomic E-state index is 11.4. The maximum Gasteiger partial charge on any atom is 0.178 e. The molecular weight excluding hydrogens is 315 g/mol. The number of hydrogen-bond donors (Lipinski definition) is 1. The minimum Gasteiger partial charge on any atom is -0.366 e. The summed E-state index contributed by atoms with van der Waals surface area (Å²) in [5, 5.41) is 13.0. The van der Waals surface area contributed by atoms with Gasteiger partial charge in [-0.05, 0) is 25.0 Å². The minimum absolute atomic E-state index is 0.00183. The van der Waals surface area contributed by atoms with E-state index in [0.29, 0.717) is 10.9 Å². The maximum atomic E-state index is 11.4. The molecule has 0 aromatic heterocycles. The Morgan fingerprint density at radius 2 is 2.15 bits per heavy atom.